The summed E-state index contributed by atoms with van der Waals surface area (Å²) in [5.41, 5.74) is 0. The van der Waals surface area contributed by atoms with Gasteiger partial charge in [-0.15, -0.1) is 0 Å². The normalized spacial score (nSPS) is 18.2. The molecule has 1 radical (unpaired) electrons. The van der Waals surface area contributed by atoms with Crippen molar-refractivity contribution in [2.45, 2.75) is 18.9 Å². The summed E-state index contributed by atoms with van der Waals surface area (Å²) in [5, 5.41) is 4.46. The average Bonchev–Trinajstić information content (AvgIpc) is 2.97. The summed E-state index contributed by atoms with van der Waals surface area (Å²) >= 11 is 0. The molecule has 1 heterocycles. The lowest BCUT2D eigenvalue weighted by atomic mass is 10.2. The zero-order valence-corrected chi connectivity index (χ0v) is 11.6. The largest absolute Gasteiger partial charge is 0.496 e. The molecule has 19 heavy (non-hydrogen) atoms. The Labute approximate surface area is 113 Å². The third-order valence-electron chi connectivity index (χ3n) is 3.17. The molecule has 1 fully saturated rings. The van der Waals surface area contributed by atoms with Crippen LogP contribution in [0.25, 0.3) is 0 Å². The molecule has 0 N–H and O–H groups in total. The van der Waals surface area contributed by atoms with Crippen LogP contribution in [0, 0.1) is 0 Å². The van der Waals surface area contributed by atoms with Crippen molar-refractivity contribution in [3.63, 3.8) is 0 Å². The molecule has 1 atom stereocenters. The summed E-state index contributed by atoms with van der Waals surface area (Å²) in [7, 11) is 4.80. The zero-order chi connectivity index (χ0) is 13.7. The minimum Gasteiger partial charge on any atom is -0.496 e. The van der Waals surface area contributed by atoms with Gasteiger partial charge in [-0.25, -0.2) is 5.32 Å². The van der Waals surface area contributed by atoms with Crippen molar-refractivity contribution in [3.8, 4) is 23.0 Å². The van der Waals surface area contributed by atoms with Crippen molar-refractivity contribution in [1.29, 1.82) is 0 Å². The summed E-state index contributed by atoms with van der Waals surface area (Å²) in [6, 6.07) is 3.84. The predicted octanol–water partition coefficient (Wildman–Crippen LogP) is 1.86. The van der Waals surface area contributed by atoms with Crippen LogP contribution in [0.5, 0.6) is 23.0 Å². The number of nitrogens with zero attached hydrogens (tertiary/aromatic N) is 1. The van der Waals surface area contributed by atoms with Gasteiger partial charge in [-0.05, 0) is 12.8 Å². The Morgan fingerprint density at radius 2 is 1.79 bits per heavy atom. The zero-order valence-electron chi connectivity index (χ0n) is 11.6. The maximum Gasteiger partial charge on any atom is 0.203 e. The van der Waals surface area contributed by atoms with E-state index >= 15 is 0 Å². The van der Waals surface area contributed by atoms with Crippen LogP contribution in [0.3, 0.4) is 0 Å². The maximum absolute atomic E-state index is 5.83. The van der Waals surface area contributed by atoms with E-state index in [2.05, 4.69) is 5.32 Å². The Kier molecular flexibility index (Phi) is 4.74. The second kappa shape index (κ2) is 6.52. The van der Waals surface area contributed by atoms with Gasteiger partial charge >= 0.3 is 0 Å². The molecule has 1 saturated heterocycles. The van der Waals surface area contributed by atoms with Gasteiger partial charge in [0.05, 0.1) is 27.4 Å². The highest BCUT2D eigenvalue weighted by Gasteiger charge is 2.20. The molecule has 0 aliphatic carbocycles. The highest BCUT2D eigenvalue weighted by Crippen LogP contribution is 2.41. The Balaban J connectivity index is 2.16. The van der Waals surface area contributed by atoms with E-state index in [1.807, 2.05) is 0 Å². The monoisotopic (exact) mass is 266 g/mol. The summed E-state index contributed by atoms with van der Waals surface area (Å²) in [6.07, 6.45) is 2.23. The third-order valence-corrected chi connectivity index (χ3v) is 3.17. The smallest absolute Gasteiger partial charge is 0.203 e. The van der Waals surface area contributed by atoms with Crippen LogP contribution in [0.2, 0.25) is 0 Å². The average molecular weight is 266 g/mol. The number of hydrogen-bond donors (Lipinski definition) is 0. The van der Waals surface area contributed by atoms with E-state index in [1.165, 1.54) is 0 Å². The first kappa shape index (κ1) is 13.8. The molecule has 5 heteroatoms. The molecule has 1 aliphatic heterocycles. The van der Waals surface area contributed by atoms with E-state index in [9.17, 15) is 0 Å². The molecule has 1 unspecified atom stereocenters. The first-order chi connectivity index (χ1) is 9.28. The van der Waals surface area contributed by atoms with Gasteiger partial charge in [-0.3, -0.25) is 0 Å². The van der Waals surface area contributed by atoms with Gasteiger partial charge < -0.3 is 18.9 Å². The number of benzene rings is 1. The van der Waals surface area contributed by atoms with Crippen LogP contribution in [0.15, 0.2) is 12.1 Å². The van der Waals surface area contributed by atoms with Crippen LogP contribution in [0.1, 0.15) is 12.8 Å². The number of methoxy groups -OCH3 is 3. The molecular formula is C14H20NO4. The van der Waals surface area contributed by atoms with Gasteiger partial charge in [-0.1, -0.05) is 0 Å². The molecule has 1 aromatic rings. The van der Waals surface area contributed by atoms with Gasteiger partial charge in [0.2, 0.25) is 5.75 Å². The van der Waals surface area contributed by atoms with Gasteiger partial charge in [0.15, 0.2) is 11.5 Å². The van der Waals surface area contributed by atoms with Gasteiger partial charge in [0, 0.05) is 18.7 Å². The second-order valence-corrected chi connectivity index (χ2v) is 4.37. The highest BCUT2D eigenvalue weighted by atomic mass is 16.5. The Morgan fingerprint density at radius 1 is 1.11 bits per heavy atom. The first-order valence-corrected chi connectivity index (χ1v) is 6.38. The molecule has 0 bridgehead atoms. The van der Waals surface area contributed by atoms with Gasteiger partial charge in [0.1, 0.15) is 12.4 Å². The minimum absolute atomic E-state index is 0.275. The summed E-state index contributed by atoms with van der Waals surface area (Å²) in [6.45, 7) is 1.49. The van der Waals surface area contributed by atoms with E-state index < -0.39 is 0 Å². The van der Waals surface area contributed by atoms with Crippen molar-refractivity contribution in [2.24, 2.45) is 0 Å². The SMILES string of the molecule is COc1cc(OC)c(OCC2CCC[N]2)c(OC)c1. The fourth-order valence-corrected chi connectivity index (χ4v) is 2.12. The number of rotatable bonds is 6. The van der Waals surface area contributed by atoms with Crippen molar-refractivity contribution >= 4 is 0 Å². The Hall–Kier alpha value is -1.62. The maximum atomic E-state index is 5.83. The van der Waals surface area contributed by atoms with Gasteiger partial charge in [0.25, 0.3) is 0 Å². The van der Waals surface area contributed by atoms with Crippen molar-refractivity contribution in [1.82, 2.24) is 5.32 Å². The van der Waals surface area contributed by atoms with Crippen LogP contribution in [0.4, 0.5) is 0 Å². The quantitative estimate of drug-likeness (QED) is 0.788. The molecule has 1 aliphatic rings. The molecule has 5 nitrogen and oxygen atoms in total. The molecule has 1 aromatic carbocycles. The Morgan fingerprint density at radius 3 is 2.26 bits per heavy atom. The van der Waals surface area contributed by atoms with Crippen LogP contribution in [-0.4, -0.2) is 40.5 Å². The first-order valence-electron chi connectivity index (χ1n) is 6.38. The van der Waals surface area contributed by atoms with Crippen molar-refractivity contribution in [3.05, 3.63) is 12.1 Å². The van der Waals surface area contributed by atoms with E-state index in [0.29, 0.717) is 29.6 Å². The second-order valence-electron chi connectivity index (χ2n) is 4.37. The topological polar surface area (TPSA) is 51.0 Å². The lowest BCUT2D eigenvalue weighted by molar-refractivity contribution is 0.246. The van der Waals surface area contributed by atoms with Crippen molar-refractivity contribution in [2.75, 3.05) is 34.5 Å². The highest BCUT2D eigenvalue weighted by molar-refractivity contribution is 5.55. The summed E-state index contributed by atoms with van der Waals surface area (Å²) in [4.78, 5) is 0. The van der Waals surface area contributed by atoms with Crippen LogP contribution in [-0.2, 0) is 0 Å². The van der Waals surface area contributed by atoms with Crippen LogP contribution < -0.4 is 24.3 Å². The minimum atomic E-state index is 0.275. The molecular weight excluding hydrogens is 246 g/mol. The molecule has 2 rings (SSSR count). The van der Waals surface area contributed by atoms with Gasteiger partial charge in [-0.2, -0.15) is 0 Å². The van der Waals surface area contributed by atoms with E-state index in [4.69, 9.17) is 18.9 Å². The summed E-state index contributed by atoms with van der Waals surface area (Å²) < 4.78 is 21.7. The molecule has 0 aromatic heterocycles. The van der Waals surface area contributed by atoms with E-state index in [-0.39, 0.29) is 6.04 Å². The molecule has 0 saturated carbocycles. The lowest BCUT2D eigenvalue weighted by Gasteiger charge is -2.17. The van der Waals surface area contributed by atoms with Crippen LogP contribution >= 0.6 is 0 Å². The lowest BCUT2D eigenvalue weighted by Crippen LogP contribution is -2.23. The third kappa shape index (κ3) is 3.23. The number of hydrogen-bond acceptors (Lipinski definition) is 4. The van der Waals surface area contributed by atoms with E-state index in [0.717, 1.165) is 19.4 Å². The predicted molar refractivity (Wildman–Crippen MR) is 71.6 cm³/mol. The Bertz CT molecular complexity index is 391. The molecule has 0 spiro atoms. The standard InChI is InChI=1S/C14H20NO4/c1-16-11-7-12(17-2)14(13(8-11)18-3)19-9-10-5-4-6-15-10/h7-8,10H,4-6,9H2,1-3H3. The van der Waals surface area contributed by atoms with Crippen molar-refractivity contribution < 1.29 is 18.9 Å². The number of ether oxygens (including phenoxy) is 4. The molecule has 0 amide bonds. The molecule has 105 valence electrons. The fraction of sp³-hybridized carbons (Fsp3) is 0.571. The van der Waals surface area contributed by atoms with E-state index in [1.54, 1.807) is 33.5 Å². The fourth-order valence-electron chi connectivity index (χ4n) is 2.12. The summed E-state index contributed by atoms with van der Waals surface area (Å²) in [5.74, 6) is 2.49.